The van der Waals surface area contributed by atoms with Gasteiger partial charge in [0, 0.05) is 10.9 Å². The topological polar surface area (TPSA) is 59.2 Å². The van der Waals surface area contributed by atoms with Crippen molar-refractivity contribution in [1.82, 2.24) is 4.98 Å². The quantitative estimate of drug-likeness (QED) is 0.240. The highest BCUT2D eigenvalue weighted by atomic mass is 32.1. The van der Waals surface area contributed by atoms with Gasteiger partial charge in [0.25, 0.3) is 0 Å². The first-order valence-electron chi connectivity index (χ1n) is 8.87. The monoisotopic (exact) mass is 378 g/mol. The van der Waals surface area contributed by atoms with E-state index in [4.69, 9.17) is 4.74 Å². The smallest absolute Gasteiger partial charge is 0.230 e. The fraction of sp³-hybridized carbons (Fsp3) is 0.238. The lowest BCUT2D eigenvalue weighted by atomic mass is 10.2. The van der Waals surface area contributed by atoms with E-state index in [1.54, 1.807) is 0 Å². The van der Waals surface area contributed by atoms with Crippen molar-refractivity contribution >= 4 is 34.6 Å². The van der Waals surface area contributed by atoms with Crippen LogP contribution < -0.4 is 4.74 Å². The molecule has 0 N–H and O–H groups in total. The third-order valence-electron chi connectivity index (χ3n) is 4.01. The first-order valence-corrected chi connectivity index (χ1v) is 9.75. The molecular weight excluding hydrogens is 356 g/mol. The van der Waals surface area contributed by atoms with Crippen LogP contribution in [0.2, 0.25) is 0 Å². The molecule has 2 aromatic carbocycles. The van der Waals surface area contributed by atoms with Gasteiger partial charge in [-0.05, 0) is 68.1 Å². The van der Waals surface area contributed by atoms with E-state index in [2.05, 4.69) is 33.8 Å². The van der Waals surface area contributed by atoms with Gasteiger partial charge in [-0.15, -0.1) is 21.6 Å². The molecule has 0 atom stereocenters. The molecule has 6 heteroatoms. The van der Waals surface area contributed by atoms with Crippen LogP contribution >= 0.6 is 11.3 Å². The second-order valence-electron chi connectivity index (χ2n) is 6.07. The van der Waals surface area contributed by atoms with Crippen molar-refractivity contribution in [2.75, 3.05) is 6.61 Å². The number of thiazole rings is 1. The maximum atomic E-state index is 5.70. The van der Waals surface area contributed by atoms with Crippen molar-refractivity contribution in [2.45, 2.75) is 26.7 Å². The summed E-state index contributed by atoms with van der Waals surface area (Å²) in [7, 11) is 0. The zero-order chi connectivity index (χ0) is 19.1. The number of hydrogen-bond donors (Lipinski definition) is 0. The van der Waals surface area contributed by atoms with Gasteiger partial charge in [-0.25, -0.2) is 4.98 Å². The molecule has 0 aliphatic heterocycles. The molecule has 0 bridgehead atoms. The van der Waals surface area contributed by atoms with E-state index in [1.165, 1.54) is 11.3 Å². The van der Waals surface area contributed by atoms with Gasteiger partial charge in [-0.2, -0.15) is 0 Å². The Hall–Kier alpha value is -2.86. The van der Waals surface area contributed by atoms with Crippen molar-refractivity contribution in [2.24, 2.45) is 15.2 Å². The number of azo groups is 1. The molecule has 5 nitrogen and oxygen atoms in total. The summed E-state index contributed by atoms with van der Waals surface area (Å²) in [6.45, 7) is 8.40. The van der Waals surface area contributed by atoms with Gasteiger partial charge in [-0.3, -0.25) is 4.99 Å². The van der Waals surface area contributed by atoms with E-state index in [0.717, 1.165) is 53.4 Å². The van der Waals surface area contributed by atoms with Crippen molar-refractivity contribution in [1.29, 1.82) is 0 Å². The summed E-state index contributed by atoms with van der Waals surface area (Å²) in [6, 6.07) is 13.7. The third-order valence-corrected chi connectivity index (χ3v) is 4.74. The Kier molecular flexibility index (Phi) is 6.44. The summed E-state index contributed by atoms with van der Waals surface area (Å²) in [5.41, 5.74) is 4.54. The lowest BCUT2D eigenvalue weighted by Gasteiger charge is -2.05. The lowest BCUT2D eigenvalue weighted by molar-refractivity contribution is 0.309. The molecule has 0 saturated carbocycles. The van der Waals surface area contributed by atoms with Crippen LogP contribution in [0.5, 0.6) is 5.75 Å². The fourth-order valence-electron chi connectivity index (χ4n) is 2.45. The average Bonchev–Trinajstić information content (AvgIpc) is 3.17. The minimum atomic E-state index is 0.624. The molecule has 0 fully saturated rings. The Balaban J connectivity index is 1.68. The molecule has 1 aromatic heterocycles. The van der Waals surface area contributed by atoms with E-state index < -0.39 is 0 Å². The highest BCUT2D eigenvalue weighted by molar-refractivity contribution is 7.13. The molecule has 0 aliphatic rings. The van der Waals surface area contributed by atoms with Crippen LogP contribution in [0.3, 0.4) is 0 Å². The number of aryl methyl sites for hydroxylation is 1. The third kappa shape index (κ3) is 5.08. The number of aliphatic imine (C=N–C) groups is 1. The van der Waals surface area contributed by atoms with Crippen LogP contribution in [0.15, 0.2) is 63.1 Å². The molecule has 27 heavy (non-hydrogen) atoms. The molecule has 1 heterocycles. The van der Waals surface area contributed by atoms with Crippen molar-refractivity contribution < 1.29 is 4.74 Å². The summed E-state index contributed by atoms with van der Waals surface area (Å²) < 4.78 is 5.70. The van der Waals surface area contributed by atoms with E-state index in [-0.39, 0.29) is 0 Å². The van der Waals surface area contributed by atoms with Crippen LogP contribution in [0, 0.1) is 6.92 Å². The summed E-state index contributed by atoms with van der Waals surface area (Å²) >= 11 is 1.47. The second-order valence-corrected chi connectivity index (χ2v) is 6.91. The van der Waals surface area contributed by atoms with Gasteiger partial charge >= 0.3 is 0 Å². The Morgan fingerprint density at radius 1 is 1.11 bits per heavy atom. The Morgan fingerprint density at radius 3 is 2.63 bits per heavy atom. The van der Waals surface area contributed by atoms with Crippen LogP contribution in [0.4, 0.5) is 16.5 Å². The Labute approximate surface area is 163 Å². The van der Waals surface area contributed by atoms with Gasteiger partial charge in [-0.1, -0.05) is 13.3 Å². The number of aromatic nitrogens is 1. The SMILES string of the molecule is C=Nc1ccc(N=Nc2nc(-c3ccc(OCCCC)cc3)cs2)c(C)c1. The maximum Gasteiger partial charge on any atom is 0.230 e. The summed E-state index contributed by atoms with van der Waals surface area (Å²) in [4.78, 5) is 8.47. The highest BCUT2D eigenvalue weighted by Crippen LogP contribution is 2.30. The van der Waals surface area contributed by atoms with Crippen LogP contribution in [0.25, 0.3) is 11.3 Å². The van der Waals surface area contributed by atoms with Gasteiger partial charge in [0.15, 0.2) is 0 Å². The fourth-order valence-corrected chi connectivity index (χ4v) is 3.09. The van der Waals surface area contributed by atoms with Crippen LogP contribution in [-0.2, 0) is 0 Å². The van der Waals surface area contributed by atoms with Gasteiger partial charge in [0.2, 0.25) is 5.13 Å². The van der Waals surface area contributed by atoms with E-state index in [1.807, 2.05) is 54.8 Å². The minimum absolute atomic E-state index is 0.624. The standard InChI is InChI=1S/C21H22N4OS/c1-4-5-12-26-18-9-6-16(7-10-18)20-14-27-21(23-20)25-24-19-11-8-17(22-3)13-15(19)2/h6-11,13-14H,3-5,12H2,1-2H3. The number of hydrogen-bond acceptors (Lipinski definition) is 6. The predicted octanol–water partition coefficient (Wildman–Crippen LogP) is 7.04. The van der Waals surface area contributed by atoms with Crippen molar-refractivity contribution in [3.05, 3.63) is 53.4 Å². The number of rotatable bonds is 8. The van der Waals surface area contributed by atoms with Gasteiger partial charge in [0.1, 0.15) is 5.75 Å². The molecule has 3 aromatic rings. The number of nitrogens with zero attached hydrogens (tertiary/aromatic N) is 4. The molecule has 0 aliphatic carbocycles. The molecule has 0 spiro atoms. The maximum absolute atomic E-state index is 5.70. The Bertz CT molecular complexity index is 932. The van der Waals surface area contributed by atoms with E-state index in [0.29, 0.717) is 5.13 Å². The van der Waals surface area contributed by atoms with Gasteiger partial charge in [0.05, 0.1) is 23.7 Å². The predicted molar refractivity (Wildman–Crippen MR) is 113 cm³/mol. The normalized spacial score (nSPS) is 11.0. The molecule has 0 amide bonds. The minimum Gasteiger partial charge on any atom is -0.494 e. The second kappa shape index (κ2) is 9.19. The molecular formula is C21H22N4OS. The lowest BCUT2D eigenvalue weighted by Crippen LogP contribution is -1.95. The molecule has 3 rings (SSSR count). The summed E-state index contributed by atoms with van der Waals surface area (Å²) in [6.07, 6.45) is 2.19. The highest BCUT2D eigenvalue weighted by Gasteiger charge is 2.05. The number of unbranched alkanes of at least 4 members (excludes halogenated alkanes) is 1. The summed E-state index contributed by atoms with van der Waals surface area (Å²) in [5, 5.41) is 11.2. The molecule has 0 unspecified atom stereocenters. The average molecular weight is 379 g/mol. The van der Waals surface area contributed by atoms with Gasteiger partial charge < -0.3 is 4.74 Å². The van der Waals surface area contributed by atoms with Crippen molar-refractivity contribution in [3.63, 3.8) is 0 Å². The zero-order valence-electron chi connectivity index (χ0n) is 15.6. The largest absolute Gasteiger partial charge is 0.494 e. The molecule has 138 valence electrons. The number of benzene rings is 2. The summed E-state index contributed by atoms with van der Waals surface area (Å²) in [5.74, 6) is 0.885. The first kappa shape index (κ1) is 18.9. The first-order chi connectivity index (χ1) is 13.2. The van der Waals surface area contributed by atoms with E-state index in [9.17, 15) is 0 Å². The van der Waals surface area contributed by atoms with Crippen LogP contribution in [0.1, 0.15) is 25.3 Å². The molecule has 0 radical (unpaired) electrons. The van der Waals surface area contributed by atoms with Crippen LogP contribution in [-0.4, -0.2) is 18.3 Å². The number of ether oxygens (including phenoxy) is 1. The zero-order valence-corrected chi connectivity index (χ0v) is 16.4. The van der Waals surface area contributed by atoms with E-state index >= 15 is 0 Å². The Morgan fingerprint density at radius 2 is 1.93 bits per heavy atom. The molecule has 0 saturated heterocycles. The van der Waals surface area contributed by atoms with Crippen molar-refractivity contribution in [3.8, 4) is 17.0 Å².